The largest absolute Gasteiger partial charge is 0.348 e. The summed E-state index contributed by atoms with van der Waals surface area (Å²) in [6.07, 6.45) is 5.74. The molecule has 1 N–H and O–H groups in total. The average molecular weight is 323 g/mol. The van der Waals surface area contributed by atoms with Gasteiger partial charge in [0.05, 0.1) is 6.54 Å². The molecule has 3 rings (SSSR count). The summed E-state index contributed by atoms with van der Waals surface area (Å²) in [5.74, 6) is 0.678. The number of nitrogens with zero attached hydrogens (tertiary/aromatic N) is 7. The van der Waals surface area contributed by atoms with Crippen molar-refractivity contribution in [2.45, 2.75) is 19.9 Å². The van der Waals surface area contributed by atoms with E-state index in [0.29, 0.717) is 18.4 Å². The minimum Gasteiger partial charge on any atom is -0.348 e. The van der Waals surface area contributed by atoms with Crippen LogP contribution < -0.4 is 5.32 Å². The van der Waals surface area contributed by atoms with Gasteiger partial charge in [-0.05, 0) is 18.0 Å². The molecule has 0 fully saturated rings. The number of rotatable bonds is 5. The standard InChI is InChI=1S/C11H11ClN8S/c1-2-7-3-14-8(21-7)4-15-10-17-9(12)18-11(19-10)20-6-13-5-16-20/h3,5-6H,2,4H2,1H3,(H,15,17,18,19). The summed E-state index contributed by atoms with van der Waals surface area (Å²) >= 11 is 7.55. The molecule has 0 radical (unpaired) electrons. The molecule has 0 aliphatic carbocycles. The Labute approximate surface area is 129 Å². The number of hydrogen-bond acceptors (Lipinski definition) is 8. The van der Waals surface area contributed by atoms with Gasteiger partial charge < -0.3 is 5.32 Å². The molecule has 0 saturated carbocycles. The molecule has 0 aliphatic rings. The molecule has 108 valence electrons. The smallest absolute Gasteiger partial charge is 0.258 e. The molecular weight excluding hydrogens is 312 g/mol. The van der Waals surface area contributed by atoms with Crippen molar-refractivity contribution >= 4 is 28.9 Å². The maximum atomic E-state index is 5.90. The second-order valence-corrected chi connectivity index (χ2v) is 5.53. The van der Waals surface area contributed by atoms with Crippen LogP contribution in [0.3, 0.4) is 0 Å². The fraction of sp³-hybridized carbons (Fsp3) is 0.273. The van der Waals surface area contributed by atoms with Gasteiger partial charge >= 0.3 is 0 Å². The van der Waals surface area contributed by atoms with E-state index in [2.05, 4.69) is 42.3 Å². The van der Waals surface area contributed by atoms with E-state index < -0.39 is 0 Å². The lowest BCUT2D eigenvalue weighted by Gasteiger charge is -2.04. The van der Waals surface area contributed by atoms with Crippen LogP contribution in [0.1, 0.15) is 16.8 Å². The van der Waals surface area contributed by atoms with Crippen LogP contribution >= 0.6 is 22.9 Å². The second-order valence-electron chi connectivity index (χ2n) is 4.00. The van der Waals surface area contributed by atoms with Crippen LogP contribution in [0.4, 0.5) is 5.95 Å². The van der Waals surface area contributed by atoms with Crippen LogP contribution in [0.5, 0.6) is 0 Å². The fourth-order valence-corrected chi connectivity index (χ4v) is 2.54. The third-order valence-corrected chi connectivity index (χ3v) is 3.88. The first kappa shape index (κ1) is 13.8. The van der Waals surface area contributed by atoms with Gasteiger partial charge in [-0.25, -0.2) is 9.97 Å². The van der Waals surface area contributed by atoms with Gasteiger partial charge in [-0.1, -0.05) is 6.92 Å². The summed E-state index contributed by atoms with van der Waals surface area (Å²) in [7, 11) is 0. The lowest BCUT2D eigenvalue weighted by atomic mass is 10.4. The van der Waals surface area contributed by atoms with Crippen molar-refractivity contribution in [1.82, 2.24) is 34.7 Å². The van der Waals surface area contributed by atoms with E-state index in [1.165, 1.54) is 22.2 Å². The van der Waals surface area contributed by atoms with Crippen molar-refractivity contribution in [3.05, 3.63) is 34.0 Å². The quantitative estimate of drug-likeness (QED) is 0.764. The van der Waals surface area contributed by atoms with Crippen LogP contribution in [-0.4, -0.2) is 34.7 Å². The molecule has 3 aromatic rings. The Morgan fingerprint density at radius 1 is 1.33 bits per heavy atom. The minimum atomic E-state index is 0.0892. The third-order valence-electron chi connectivity index (χ3n) is 2.57. The molecule has 0 atom stereocenters. The zero-order valence-electron chi connectivity index (χ0n) is 11.1. The van der Waals surface area contributed by atoms with E-state index in [9.17, 15) is 0 Å². The van der Waals surface area contributed by atoms with Crippen molar-refractivity contribution in [2.24, 2.45) is 0 Å². The van der Waals surface area contributed by atoms with E-state index in [-0.39, 0.29) is 5.28 Å². The van der Waals surface area contributed by atoms with Crippen LogP contribution in [0.15, 0.2) is 18.9 Å². The number of aryl methyl sites for hydroxylation is 1. The number of nitrogens with one attached hydrogen (secondary N) is 1. The number of thiazole rings is 1. The first-order chi connectivity index (χ1) is 10.2. The molecule has 21 heavy (non-hydrogen) atoms. The maximum Gasteiger partial charge on any atom is 0.258 e. The van der Waals surface area contributed by atoms with Crippen molar-refractivity contribution in [3.63, 3.8) is 0 Å². The van der Waals surface area contributed by atoms with E-state index >= 15 is 0 Å². The predicted molar refractivity (Wildman–Crippen MR) is 78.6 cm³/mol. The normalized spacial score (nSPS) is 10.8. The molecule has 10 heteroatoms. The van der Waals surface area contributed by atoms with Crippen molar-refractivity contribution in [1.29, 1.82) is 0 Å². The first-order valence-corrected chi connectivity index (χ1v) is 7.38. The summed E-state index contributed by atoms with van der Waals surface area (Å²) in [6.45, 7) is 2.63. The molecule has 0 bridgehead atoms. The Bertz CT molecular complexity index is 726. The lowest BCUT2D eigenvalue weighted by Crippen LogP contribution is -2.09. The van der Waals surface area contributed by atoms with Crippen LogP contribution in [0.25, 0.3) is 5.95 Å². The fourth-order valence-electron chi connectivity index (χ4n) is 1.58. The van der Waals surface area contributed by atoms with Crippen LogP contribution in [0.2, 0.25) is 5.28 Å². The minimum absolute atomic E-state index is 0.0892. The van der Waals surface area contributed by atoms with Gasteiger partial charge in [-0.2, -0.15) is 24.7 Å². The maximum absolute atomic E-state index is 5.90. The Morgan fingerprint density at radius 2 is 2.24 bits per heavy atom. The molecule has 3 aromatic heterocycles. The number of anilines is 1. The summed E-state index contributed by atoms with van der Waals surface area (Å²) in [5, 5.41) is 8.09. The highest BCUT2D eigenvalue weighted by molar-refractivity contribution is 7.11. The molecule has 8 nitrogen and oxygen atoms in total. The van der Waals surface area contributed by atoms with Crippen LogP contribution in [-0.2, 0) is 13.0 Å². The number of halogens is 1. The zero-order valence-corrected chi connectivity index (χ0v) is 12.6. The molecule has 0 aliphatic heterocycles. The average Bonchev–Trinajstić information content (AvgIpc) is 3.16. The molecule has 3 heterocycles. The summed E-state index contributed by atoms with van der Waals surface area (Å²) < 4.78 is 1.41. The number of hydrogen-bond donors (Lipinski definition) is 1. The molecule has 0 amide bonds. The highest BCUT2D eigenvalue weighted by Crippen LogP contribution is 2.15. The first-order valence-electron chi connectivity index (χ1n) is 6.18. The molecule has 0 saturated heterocycles. The summed E-state index contributed by atoms with van der Waals surface area (Å²) in [5.41, 5.74) is 0. The third kappa shape index (κ3) is 3.31. The van der Waals surface area contributed by atoms with Gasteiger partial charge in [0.2, 0.25) is 11.2 Å². The molecule has 0 unspecified atom stereocenters. The van der Waals surface area contributed by atoms with Crippen molar-refractivity contribution in [2.75, 3.05) is 5.32 Å². The van der Waals surface area contributed by atoms with E-state index in [1.807, 2.05) is 6.20 Å². The lowest BCUT2D eigenvalue weighted by molar-refractivity contribution is 0.793. The molecular formula is C11H11ClN8S. The Kier molecular flexibility index (Phi) is 4.02. The highest BCUT2D eigenvalue weighted by atomic mass is 35.5. The van der Waals surface area contributed by atoms with Gasteiger partial charge in [0.25, 0.3) is 5.95 Å². The highest BCUT2D eigenvalue weighted by Gasteiger charge is 2.08. The van der Waals surface area contributed by atoms with Gasteiger partial charge in [-0.3, -0.25) is 0 Å². The number of aromatic nitrogens is 7. The Balaban J connectivity index is 1.76. The van der Waals surface area contributed by atoms with Gasteiger partial charge in [0, 0.05) is 11.1 Å². The van der Waals surface area contributed by atoms with Crippen LogP contribution in [0, 0.1) is 0 Å². The van der Waals surface area contributed by atoms with Gasteiger partial charge in [0.1, 0.15) is 17.7 Å². The van der Waals surface area contributed by atoms with E-state index in [1.54, 1.807) is 11.3 Å². The Morgan fingerprint density at radius 3 is 2.95 bits per heavy atom. The van der Waals surface area contributed by atoms with E-state index in [4.69, 9.17) is 11.6 Å². The van der Waals surface area contributed by atoms with Crippen molar-refractivity contribution in [3.8, 4) is 5.95 Å². The topological polar surface area (TPSA) is 94.3 Å². The van der Waals surface area contributed by atoms with Crippen molar-refractivity contribution < 1.29 is 0 Å². The summed E-state index contributed by atoms with van der Waals surface area (Å²) in [4.78, 5) is 21.7. The Hall–Kier alpha value is -2.13. The summed E-state index contributed by atoms with van der Waals surface area (Å²) in [6, 6.07) is 0. The monoisotopic (exact) mass is 322 g/mol. The molecule has 0 spiro atoms. The predicted octanol–water partition coefficient (Wildman–Crippen LogP) is 1.74. The van der Waals surface area contributed by atoms with Gasteiger partial charge in [-0.15, -0.1) is 11.3 Å². The molecule has 0 aromatic carbocycles. The zero-order chi connectivity index (χ0) is 14.7. The van der Waals surface area contributed by atoms with E-state index in [0.717, 1.165) is 11.4 Å². The van der Waals surface area contributed by atoms with Gasteiger partial charge in [0.15, 0.2) is 0 Å². The second kappa shape index (κ2) is 6.10. The SMILES string of the molecule is CCc1cnc(CNc2nc(Cl)nc(-n3cncn3)n2)s1.